The standard InChI is InChI=1S/C29H32N2O5Si/c1-29(2,3)37(21-11-6-4-7-12-21,22-13-8-5-9-14-22)35-20-27-26(32)19-28(36-27)30-18-17-23-24(30)15-10-16-25(23)31(33)34/h4-18,26-28,32H,19-20H2,1-3H3/t26-,27+,28+/m0/s1. The first-order valence-electron chi connectivity index (χ1n) is 12.5. The van der Waals surface area contributed by atoms with E-state index in [1.165, 1.54) is 16.4 Å². The fourth-order valence-corrected chi connectivity index (χ4v) is 10.2. The molecule has 7 nitrogen and oxygen atoms in total. The van der Waals surface area contributed by atoms with Gasteiger partial charge in [-0.2, -0.15) is 0 Å². The number of aliphatic hydroxyl groups excluding tert-OH is 1. The van der Waals surface area contributed by atoms with Gasteiger partial charge in [-0.15, -0.1) is 0 Å². The molecule has 8 heteroatoms. The van der Waals surface area contributed by atoms with E-state index in [1.54, 1.807) is 18.3 Å². The van der Waals surface area contributed by atoms with Crippen molar-refractivity contribution in [2.45, 2.75) is 50.7 Å². The van der Waals surface area contributed by atoms with Crippen LogP contribution in [0.3, 0.4) is 0 Å². The Morgan fingerprint density at radius 3 is 2.19 bits per heavy atom. The predicted molar refractivity (Wildman–Crippen MR) is 147 cm³/mol. The van der Waals surface area contributed by atoms with E-state index in [0.29, 0.717) is 17.3 Å². The van der Waals surface area contributed by atoms with Gasteiger partial charge in [-0.1, -0.05) is 87.5 Å². The van der Waals surface area contributed by atoms with Gasteiger partial charge in [0.05, 0.1) is 28.5 Å². The molecule has 1 aromatic heterocycles. The third-order valence-corrected chi connectivity index (χ3v) is 12.3. The van der Waals surface area contributed by atoms with Gasteiger partial charge in [-0.3, -0.25) is 10.1 Å². The Morgan fingerprint density at radius 1 is 1.00 bits per heavy atom. The van der Waals surface area contributed by atoms with E-state index in [2.05, 4.69) is 45.0 Å². The zero-order valence-corrected chi connectivity index (χ0v) is 22.3. The quantitative estimate of drug-likeness (QED) is 0.217. The van der Waals surface area contributed by atoms with E-state index < -0.39 is 26.8 Å². The van der Waals surface area contributed by atoms with Gasteiger partial charge in [0.1, 0.15) is 12.3 Å². The van der Waals surface area contributed by atoms with Crippen molar-refractivity contribution < 1.29 is 19.2 Å². The fraction of sp³-hybridized carbons (Fsp3) is 0.310. The molecule has 37 heavy (non-hydrogen) atoms. The van der Waals surface area contributed by atoms with Gasteiger partial charge in [-0.25, -0.2) is 0 Å². The summed E-state index contributed by atoms with van der Waals surface area (Å²) < 4.78 is 15.2. The van der Waals surface area contributed by atoms with Crippen LogP contribution in [0.1, 0.15) is 33.4 Å². The molecule has 0 radical (unpaired) electrons. The van der Waals surface area contributed by atoms with Crippen LogP contribution >= 0.6 is 0 Å². The summed E-state index contributed by atoms with van der Waals surface area (Å²) in [6, 6.07) is 27.5. The number of aliphatic hydroxyl groups is 1. The van der Waals surface area contributed by atoms with Crippen molar-refractivity contribution in [2.24, 2.45) is 0 Å². The number of aromatic nitrogens is 1. The van der Waals surface area contributed by atoms with Crippen LogP contribution in [-0.4, -0.2) is 41.7 Å². The summed E-state index contributed by atoms with van der Waals surface area (Å²) >= 11 is 0. The SMILES string of the molecule is CC(C)(C)[Si](OC[C@H]1O[C@@H](n2ccc3c([N+](=O)[O-])cccc32)C[C@@H]1O)(c1ccccc1)c1ccccc1. The number of hydrogen-bond acceptors (Lipinski definition) is 5. The second kappa shape index (κ2) is 9.87. The number of rotatable bonds is 7. The van der Waals surface area contributed by atoms with Crippen LogP contribution in [0.4, 0.5) is 5.69 Å². The van der Waals surface area contributed by atoms with E-state index >= 15 is 0 Å². The Hall–Kier alpha value is -3.30. The molecule has 0 spiro atoms. The molecule has 4 aromatic rings. The molecular formula is C29H32N2O5Si. The number of nitrogens with zero attached hydrogens (tertiary/aromatic N) is 2. The van der Waals surface area contributed by atoms with Crippen LogP contribution in [0, 0.1) is 10.1 Å². The summed E-state index contributed by atoms with van der Waals surface area (Å²) in [4.78, 5) is 11.1. The highest BCUT2D eigenvalue weighted by atomic mass is 28.4. The minimum absolute atomic E-state index is 0.0568. The van der Waals surface area contributed by atoms with Crippen molar-refractivity contribution in [1.82, 2.24) is 4.57 Å². The molecule has 0 aliphatic carbocycles. The maximum Gasteiger partial charge on any atom is 0.278 e. The number of non-ortho nitro benzene ring substituents is 1. The third kappa shape index (κ3) is 4.51. The molecule has 0 bridgehead atoms. The Labute approximate surface area is 217 Å². The first-order chi connectivity index (χ1) is 17.7. The molecule has 1 N–H and O–H groups in total. The van der Waals surface area contributed by atoms with E-state index in [-0.39, 0.29) is 22.3 Å². The van der Waals surface area contributed by atoms with Crippen molar-refractivity contribution in [3.8, 4) is 0 Å². The Kier molecular flexibility index (Phi) is 6.76. The number of fused-ring (bicyclic) bond motifs is 1. The minimum Gasteiger partial charge on any atom is -0.405 e. The van der Waals surface area contributed by atoms with Crippen LogP contribution in [0.5, 0.6) is 0 Å². The minimum atomic E-state index is -2.77. The second-order valence-corrected chi connectivity index (χ2v) is 14.9. The first kappa shape index (κ1) is 25.4. The number of ether oxygens (including phenoxy) is 1. The van der Waals surface area contributed by atoms with Gasteiger partial charge in [-0.05, 0) is 27.5 Å². The lowest BCUT2D eigenvalue weighted by Crippen LogP contribution is -2.67. The molecule has 2 heterocycles. The van der Waals surface area contributed by atoms with Crippen molar-refractivity contribution in [3.05, 3.63) is 101 Å². The maximum atomic E-state index is 11.5. The molecule has 1 saturated heterocycles. The fourth-order valence-electron chi connectivity index (χ4n) is 5.59. The van der Waals surface area contributed by atoms with Crippen molar-refractivity contribution in [2.75, 3.05) is 6.61 Å². The smallest absolute Gasteiger partial charge is 0.278 e. The first-order valence-corrected chi connectivity index (χ1v) is 14.5. The maximum absolute atomic E-state index is 11.5. The van der Waals surface area contributed by atoms with Crippen LogP contribution < -0.4 is 10.4 Å². The highest BCUT2D eigenvalue weighted by molar-refractivity contribution is 6.99. The highest BCUT2D eigenvalue weighted by Gasteiger charge is 2.51. The number of benzene rings is 3. The molecule has 0 saturated carbocycles. The van der Waals surface area contributed by atoms with Gasteiger partial charge < -0.3 is 18.8 Å². The normalized spacial score (nSPS) is 20.4. The zero-order valence-electron chi connectivity index (χ0n) is 21.3. The lowest BCUT2D eigenvalue weighted by Gasteiger charge is -2.43. The van der Waals surface area contributed by atoms with Gasteiger partial charge in [0.2, 0.25) is 0 Å². The van der Waals surface area contributed by atoms with Crippen LogP contribution in [0.2, 0.25) is 5.04 Å². The van der Waals surface area contributed by atoms with Gasteiger partial charge >= 0.3 is 0 Å². The van der Waals surface area contributed by atoms with E-state index in [4.69, 9.17) is 9.16 Å². The summed E-state index contributed by atoms with van der Waals surface area (Å²) in [6.07, 6.45) is 0.478. The molecule has 3 atom stereocenters. The largest absolute Gasteiger partial charge is 0.405 e. The Balaban J connectivity index is 1.45. The molecular weight excluding hydrogens is 484 g/mol. The monoisotopic (exact) mass is 516 g/mol. The molecule has 1 aliphatic heterocycles. The predicted octanol–water partition coefficient (Wildman–Crippen LogP) is 4.77. The molecule has 5 rings (SSSR count). The third-order valence-electron chi connectivity index (χ3n) is 7.33. The van der Waals surface area contributed by atoms with Crippen LogP contribution in [0.25, 0.3) is 10.9 Å². The number of nitro groups is 1. The summed E-state index contributed by atoms with van der Waals surface area (Å²) in [5.41, 5.74) is 0.765. The van der Waals surface area contributed by atoms with Crippen LogP contribution in [-0.2, 0) is 9.16 Å². The molecule has 3 aromatic carbocycles. The van der Waals surface area contributed by atoms with Crippen molar-refractivity contribution in [1.29, 1.82) is 0 Å². The lowest BCUT2D eigenvalue weighted by molar-refractivity contribution is -0.383. The Bertz CT molecular complexity index is 1340. The topological polar surface area (TPSA) is 86.8 Å². The Morgan fingerprint density at radius 2 is 1.62 bits per heavy atom. The summed E-state index contributed by atoms with van der Waals surface area (Å²) in [6.45, 7) is 6.89. The molecule has 1 aliphatic rings. The van der Waals surface area contributed by atoms with E-state index in [0.717, 1.165) is 0 Å². The summed E-state index contributed by atoms with van der Waals surface area (Å²) in [5, 5.41) is 25.2. The zero-order chi connectivity index (χ0) is 26.2. The molecule has 192 valence electrons. The van der Waals surface area contributed by atoms with Crippen LogP contribution in [0.15, 0.2) is 91.1 Å². The van der Waals surface area contributed by atoms with Crippen molar-refractivity contribution in [3.63, 3.8) is 0 Å². The van der Waals surface area contributed by atoms with Gasteiger partial charge in [0.15, 0.2) is 0 Å². The molecule has 0 amide bonds. The highest BCUT2D eigenvalue weighted by Crippen LogP contribution is 2.39. The second-order valence-electron chi connectivity index (χ2n) is 10.6. The lowest BCUT2D eigenvalue weighted by atomic mass is 10.2. The van der Waals surface area contributed by atoms with E-state index in [1.807, 2.05) is 47.0 Å². The van der Waals surface area contributed by atoms with Gasteiger partial charge in [0.25, 0.3) is 14.0 Å². The van der Waals surface area contributed by atoms with Crippen molar-refractivity contribution >= 4 is 35.3 Å². The average molecular weight is 517 g/mol. The number of nitro benzene ring substituents is 1. The summed E-state index contributed by atoms with van der Waals surface area (Å²) in [7, 11) is -2.77. The molecule has 1 fully saturated rings. The van der Waals surface area contributed by atoms with E-state index in [9.17, 15) is 15.2 Å². The van der Waals surface area contributed by atoms with Gasteiger partial charge in [0, 0.05) is 18.7 Å². The molecule has 0 unspecified atom stereocenters. The number of hydrogen-bond donors (Lipinski definition) is 1. The summed E-state index contributed by atoms with van der Waals surface area (Å²) in [5.74, 6) is 0. The average Bonchev–Trinajstić information content (AvgIpc) is 3.48.